The van der Waals surface area contributed by atoms with Crippen molar-refractivity contribution in [2.24, 2.45) is 5.92 Å². The first-order valence-corrected chi connectivity index (χ1v) is 11.1. The summed E-state index contributed by atoms with van der Waals surface area (Å²) in [5.41, 5.74) is 8.16. The van der Waals surface area contributed by atoms with E-state index in [0.29, 0.717) is 24.0 Å². The number of aryl methyl sites for hydroxylation is 1. The number of anilines is 2. The topological polar surface area (TPSA) is 88.3 Å². The van der Waals surface area contributed by atoms with Gasteiger partial charge in [-0.1, -0.05) is 19.1 Å². The van der Waals surface area contributed by atoms with Crippen molar-refractivity contribution in [1.82, 2.24) is 9.88 Å². The van der Waals surface area contributed by atoms with Gasteiger partial charge in [-0.2, -0.15) is 0 Å². The number of nitrogens with zero attached hydrogens (tertiary/aromatic N) is 2. The average Bonchev–Trinajstić information content (AvgIpc) is 3.19. The van der Waals surface area contributed by atoms with Crippen LogP contribution in [-0.2, 0) is 16.0 Å². The Hall–Kier alpha value is -2.93. The van der Waals surface area contributed by atoms with Crippen molar-refractivity contribution in [1.29, 1.82) is 0 Å². The fourth-order valence-electron chi connectivity index (χ4n) is 4.05. The summed E-state index contributed by atoms with van der Waals surface area (Å²) in [4.78, 5) is 31.5. The van der Waals surface area contributed by atoms with Crippen molar-refractivity contribution in [3.63, 3.8) is 0 Å². The predicted molar refractivity (Wildman–Crippen MR) is 121 cm³/mol. The first-order valence-electron chi connectivity index (χ1n) is 10.2. The van der Waals surface area contributed by atoms with Crippen LogP contribution in [0.4, 0.5) is 11.5 Å². The summed E-state index contributed by atoms with van der Waals surface area (Å²) in [5, 5.41) is 5.99. The zero-order valence-electron chi connectivity index (χ0n) is 17.2. The Bertz CT molecular complexity index is 1090. The molecule has 2 aromatic heterocycles. The highest BCUT2D eigenvalue weighted by atomic mass is 32.1. The van der Waals surface area contributed by atoms with Gasteiger partial charge in [0, 0.05) is 17.3 Å². The lowest BCUT2D eigenvalue weighted by Crippen LogP contribution is -2.51. The molecule has 3 heterocycles. The Labute approximate surface area is 180 Å². The van der Waals surface area contributed by atoms with Crippen LogP contribution in [0.25, 0.3) is 10.1 Å². The number of thiophene rings is 1. The highest BCUT2D eigenvalue weighted by Crippen LogP contribution is 2.27. The van der Waals surface area contributed by atoms with Gasteiger partial charge in [0.15, 0.2) is 0 Å². The van der Waals surface area contributed by atoms with Crippen molar-refractivity contribution in [3.05, 3.63) is 53.0 Å². The average molecular weight is 423 g/mol. The molecule has 6 nitrogen and oxygen atoms in total. The van der Waals surface area contributed by atoms with Crippen LogP contribution in [0.5, 0.6) is 0 Å². The summed E-state index contributed by atoms with van der Waals surface area (Å²) in [6, 6.07) is 10.3. The molecule has 1 aromatic carbocycles. The summed E-state index contributed by atoms with van der Waals surface area (Å²) in [6.07, 6.45) is 4.17. The van der Waals surface area contributed by atoms with Crippen LogP contribution in [0.1, 0.15) is 30.9 Å². The molecule has 4 rings (SSSR count). The highest BCUT2D eigenvalue weighted by molar-refractivity contribution is 7.17. The number of piperidine rings is 1. The number of rotatable bonds is 3. The molecule has 0 unspecified atom stereocenters. The normalized spacial score (nSPS) is 19.1. The lowest BCUT2D eigenvalue weighted by molar-refractivity contribution is -0.146. The van der Waals surface area contributed by atoms with Gasteiger partial charge < -0.3 is 16.0 Å². The van der Waals surface area contributed by atoms with Gasteiger partial charge in [0.2, 0.25) is 0 Å². The molecule has 1 aliphatic heterocycles. The molecular formula is C23H26N4O2S. The van der Waals surface area contributed by atoms with Gasteiger partial charge in [-0.15, -0.1) is 11.3 Å². The van der Waals surface area contributed by atoms with Crippen LogP contribution in [0, 0.1) is 12.8 Å². The van der Waals surface area contributed by atoms with Gasteiger partial charge >= 0.3 is 11.8 Å². The molecule has 30 heavy (non-hydrogen) atoms. The molecular weight excluding hydrogens is 396 g/mol. The van der Waals surface area contributed by atoms with Crippen molar-refractivity contribution in [3.8, 4) is 0 Å². The number of likely N-dealkylation sites (tertiary alicyclic amines) is 1. The number of nitrogens with two attached hydrogens (primary N) is 1. The molecule has 156 valence electrons. The summed E-state index contributed by atoms with van der Waals surface area (Å²) in [6.45, 7) is 4.53. The minimum Gasteiger partial charge on any atom is -0.383 e. The fourth-order valence-corrected chi connectivity index (χ4v) is 4.82. The third-order valence-electron chi connectivity index (χ3n) is 5.76. The molecule has 3 N–H and O–H groups in total. The number of hydrogen-bond acceptors (Lipinski definition) is 5. The van der Waals surface area contributed by atoms with Crippen molar-refractivity contribution in [2.75, 3.05) is 17.6 Å². The minimum atomic E-state index is -0.631. The molecule has 1 aliphatic rings. The minimum absolute atomic E-state index is 0.0156. The van der Waals surface area contributed by atoms with Crippen molar-refractivity contribution < 1.29 is 9.59 Å². The van der Waals surface area contributed by atoms with E-state index in [4.69, 9.17) is 5.73 Å². The van der Waals surface area contributed by atoms with E-state index in [-0.39, 0.29) is 6.04 Å². The van der Waals surface area contributed by atoms with Crippen molar-refractivity contribution in [2.45, 2.75) is 39.2 Å². The summed E-state index contributed by atoms with van der Waals surface area (Å²) >= 11 is 1.72. The van der Waals surface area contributed by atoms with E-state index in [9.17, 15) is 9.59 Å². The quantitative estimate of drug-likeness (QED) is 0.625. The second-order valence-corrected chi connectivity index (χ2v) is 9.12. The first-order chi connectivity index (χ1) is 14.4. The standard InChI is InChI=1S/C23H26N4O2S/c1-14-3-5-19(11-16-4-6-20-17(10-16)7-8-30-20)27(13-14)23(29)22(28)26-18-9-15(2)21(24)25-12-18/h4,6-10,12,14,19H,3,5,11,13H2,1-2H3,(H2,24,25)(H,26,28)/t14-,19+/m0/s1. The summed E-state index contributed by atoms with van der Waals surface area (Å²) in [7, 11) is 0. The smallest absolute Gasteiger partial charge is 0.313 e. The lowest BCUT2D eigenvalue weighted by atomic mass is 9.90. The van der Waals surface area contributed by atoms with Crippen LogP contribution in [0.15, 0.2) is 41.9 Å². The van der Waals surface area contributed by atoms with E-state index in [2.05, 4.69) is 46.9 Å². The molecule has 0 bridgehead atoms. The Kier molecular flexibility index (Phi) is 5.72. The number of fused-ring (bicyclic) bond motifs is 1. The second-order valence-electron chi connectivity index (χ2n) is 8.17. The zero-order chi connectivity index (χ0) is 21.3. The molecule has 2 amide bonds. The number of nitrogen functional groups attached to an aromatic ring is 1. The molecule has 0 spiro atoms. The Morgan fingerprint density at radius 2 is 2.10 bits per heavy atom. The van der Waals surface area contributed by atoms with Gasteiger partial charge in [0.1, 0.15) is 5.82 Å². The monoisotopic (exact) mass is 422 g/mol. The highest BCUT2D eigenvalue weighted by Gasteiger charge is 2.33. The van der Waals surface area contributed by atoms with Crippen molar-refractivity contribution >= 4 is 44.7 Å². The number of carbonyl (C=O) groups is 2. The van der Waals surface area contributed by atoms with Crippen LogP contribution in [0.2, 0.25) is 0 Å². The van der Waals surface area contributed by atoms with Gasteiger partial charge in [0.05, 0.1) is 11.9 Å². The Balaban J connectivity index is 1.50. The van der Waals surface area contributed by atoms with Gasteiger partial charge in [0.25, 0.3) is 0 Å². The SMILES string of the molecule is Cc1cc(NC(=O)C(=O)N2C[C@@H](C)CC[C@@H]2Cc2ccc3sccc3c2)cnc1N. The fraction of sp³-hybridized carbons (Fsp3) is 0.348. The number of amides is 2. The third-order valence-corrected chi connectivity index (χ3v) is 6.66. The number of benzene rings is 1. The second kappa shape index (κ2) is 8.44. The molecule has 1 saturated heterocycles. The van der Waals surface area contributed by atoms with E-state index in [1.807, 2.05) is 6.92 Å². The van der Waals surface area contributed by atoms with E-state index in [1.165, 1.54) is 21.8 Å². The summed E-state index contributed by atoms with van der Waals surface area (Å²) < 4.78 is 1.26. The molecule has 0 aliphatic carbocycles. The molecule has 0 radical (unpaired) electrons. The lowest BCUT2D eigenvalue weighted by Gasteiger charge is -2.38. The number of carbonyl (C=O) groups excluding carboxylic acids is 2. The molecule has 1 fully saturated rings. The maximum absolute atomic E-state index is 13.0. The van der Waals surface area contributed by atoms with Gasteiger partial charge in [-0.3, -0.25) is 9.59 Å². The first kappa shape index (κ1) is 20.3. The molecule has 3 aromatic rings. The Morgan fingerprint density at radius 1 is 1.27 bits per heavy atom. The molecule has 2 atom stereocenters. The van der Waals surface area contributed by atoms with Crippen LogP contribution in [0.3, 0.4) is 0 Å². The summed E-state index contributed by atoms with van der Waals surface area (Å²) in [5.74, 6) is -0.337. The Morgan fingerprint density at radius 3 is 2.90 bits per heavy atom. The van der Waals surface area contributed by atoms with Crippen LogP contribution >= 0.6 is 11.3 Å². The van der Waals surface area contributed by atoms with Crippen LogP contribution < -0.4 is 11.1 Å². The number of aromatic nitrogens is 1. The van der Waals surface area contributed by atoms with E-state index in [1.54, 1.807) is 22.3 Å². The van der Waals surface area contributed by atoms with Crippen LogP contribution in [-0.4, -0.2) is 34.3 Å². The van der Waals surface area contributed by atoms with E-state index >= 15 is 0 Å². The van der Waals surface area contributed by atoms with E-state index in [0.717, 1.165) is 24.8 Å². The third kappa shape index (κ3) is 4.31. The maximum atomic E-state index is 13.0. The zero-order valence-corrected chi connectivity index (χ0v) is 18.0. The largest absolute Gasteiger partial charge is 0.383 e. The molecule has 0 saturated carbocycles. The number of pyridine rings is 1. The van der Waals surface area contributed by atoms with Gasteiger partial charge in [-0.25, -0.2) is 4.98 Å². The molecule has 7 heteroatoms. The van der Waals surface area contributed by atoms with Gasteiger partial charge in [-0.05, 0) is 72.2 Å². The predicted octanol–water partition coefficient (Wildman–Crippen LogP) is 4.00. The maximum Gasteiger partial charge on any atom is 0.313 e. The number of hydrogen-bond donors (Lipinski definition) is 2. The number of nitrogens with one attached hydrogen (secondary N) is 1. The van der Waals surface area contributed by atoms with E-state index < -0.39 is 11.8 Å².